The Bertz CT molecular complexity index is 568. The maximum absolute atomic E-state index is 5.96. The number of hydrogen-bond donors (Lipinski definition) is 1. The molecule has 6 heteroatoms. The average molecular weight is 329 g/mol. The number of rotatable bonds is 4. The van der Waals surface area contributed by atoms with Crippen molar-refractivity contribution in [1.82, 2.24) is 15.5 Å². The highest BCUT2D eigenvalue weighted by Crippen LogP contribution is 2.29. The van der Waals surface area contributed by atoms with E-state index in [1.165, 1.54) is 12.8 Å². The predicted molar refractivity (Wildman–Crippen MR) is 72.3 cm³/mol. The normalized spacial score (nSPS) is 15.0. The molecule has 4 nitrogen and oxygen atoms in total. The lowest BCUT2D eigenvalue weighted by atomic mass is 10.2. The summed E-state index contributed by atoms with van der Waals surface area (Å²) in [6.45, 7) is 0.645. The maximum atomic E-state index is 5.96. The van der Waals surface area contributed by atoms with E-state index in [0.29, 0.717) is 29.3 Å². The minimum atomic E-state index is 0.483. The number of hydrogen-bond acceptors (Lipinski definition) is 4. The molecule has 0 radical (unpaired) electrons. The van der Waals surface area contributed by atoms with Crippen molar-refractivity contribution in [2.24, 2.45) is 0 Å². The molecule has 0 aliphatic heterocycles. The van der Waals surface area contributed by atoms with Gasteiger partial charge in [-0.25, -0.2) is 0 Å². The number of nitrogens with one attached hydrogen (secondary N) is 1. The third-order valence-corrected chi connectivity index (χ3v) is 3.68. The van der Waals surface area contributed by atoms with E-state index in [1.54, 1.807) is 12.1 Å². The number of benzene rings is 1. The van der Waals surface area contributed by atoms with Crippen molar-refractivity contribution in [3.63, 3.8) is 0 Å². The molecule has 1 N–H and O–H groups in total. The van der Waals surface area contributed by atoms with E-state index in [0.717, 1.165) is 10.0 Å². The molecule has 1 fully saturated rings. The fourth-order valence-corrected chi connectivity index (χ4v) is 2.21. The van der Waals surface area contributed by atoms with Crippen LogP contribution in [0.2, 0.25) is 5.02 Å². The fraction of sp³-hybridized carbons (Fsp3) is 0.333. The monoisotopic (exact) mass is 327 g/mol. The summed E-state index contributed by atoms with van der Waals surface area (Å²) in [7, 11) is 0. The van der Waals surface area contributed by atoms with Crippen LogP contribution in [0, 0.1) is 0 Å². The topological polar surface area (TPSA) is 51.0 Å². The first-order chi connectivity index (χ1) is 8.72. The molecule has 1 aliphatic carbocycles. The van der Waals surface area contributed by atoms with Gasteiger partial charge >= 0.3 is 0 Å². The van der Waals surface area contributed by atoms with Gasteiger partial charge in [0.15, 0.2) is 5.82 Å². The quantitative estimate of drug-likeness (QED) is 0.934. The Morgan fingerprint density at radius 1 is 1.44 bits per heavy atom. The second kappa shape index (κ2) is 4.99. The molecule has 0 saturated heterocycles. The maximum Gasteiger partial charge on any atom is 0.259 e. The third kappa shape index (κ3) is 2.74. The van der Waals surface area contributed by atoms with Crippen molar-refractivity contribution < 1.29 is 4.52 Å². The van der Waals surface area contributed by atoms with Crippen molar-refractivity contribution >= 4 is 27.5 Å². The Labute approximate surface area is 118 Å². The highest BCUT2D eigenvalue weighted by atomic mass is 79.9. The van der Waals surface area contributed by atoms with E-state index in [4.69, 9.17) is 16.1 Å². The average Bonchev–Trinajstić information content (AvgIpc) is 3.08. The number of halogens is 2. The van der Waals surface area contributed by atoms with Gasteiger partial charge in [-0.3, -0.25) is 0 Å². The second-order valence-electron chi connectivity index (χ2n) is 4.30. The molecule has 0 unspecified atom stereocenters. The van der Waals surface area contributed by atoms with Crippen LogP contribution in [0.25, 0.3) is 11.5 Å². The number of aromatic nitrogens is 2. The summed E-state index contributed by atoms with van der Waals surface area (Å²) in [4.78, 5) is 4.35. The van der Waals surface area contributed by atoms with Gasteiger partial charge < -0.3 is 9.84 Å². The van der Waals surface area contributed by atoms with Crippen LogP contribution < -0.4 is 5.32 Å². The van der Waals surface area contributed by atoms with Crippen molar-refractivity contribution in [1.29, 1.82) is 0 Å². The minimum absolute atomic E-state index is 0.483. The Morgan fingerprint density at radius 2 is 2.28 bits per heavy atom. The molecule has 2 aromatic rings. The van der Waals surface area contributed by atoms with Gasteiger partial charge in [0.05, 0.1) is 12.1 Å². The van der Waals surface area contributed by atoms with Gasteiger partial charge in [0.1, 0.15) is 0 Å². The molecule has 1 aromatic heterocycles. The van der Waals surface area contributed by atoms with Gasteiger partial charge in [-0.2, -0.15) is 4.98 Å². The molecule has 18 heavy (non-hydrogen) atoms. The molecule has 1 aromatic carbocycles. The highest BCUT2D eigenvalue weighted by molar-refractivity contribution is 9.10. The lowest BCUT2D eigenvalue weighted by Crippen LogP contribution is -2.16. The molecule has 1 aliphatic rings. The van der Waals surface area contributed by atoms with E-state index in [-0.39, 0.29) is 0 Å². The number of nitrogens with zero attached hydrogens (tertiary/aromatic N) is 2. The molecule has 1 heterocycles. The van der Waals surface area contributed by atoms with Crippen molar-refractivity contribution in [3.05, 3.63) is 33.5 Å². The molecule has 0 spiro atoms. The molecular weight excluding hydrogens is 318 g/mol. The molecule has 0 atom stereocenters. The Hall–Kier alpha value is -0.910. The first-order valence-electron chi connectivity index (χ1n) is 5.74. The lowest BCUT2D eigenvalue weighted by molar-refractivity contribution is 0.419. The summed E-state index contributed by atoms with van der Waals surface area (Å²) >= 11 is 9.41. The summed E-state index contributed by atoms with van der Waals surface area (Å²) in [5, 5.41) is 7.93. The second-order valence-corrected chi connectivity index (χ2v) is 5.59. The zero-order valence-corrected chi connectivity index (χ0v) is 11.8. The largest absolute Gasteiger partial charge is 0.334 e. The van der Waals surface area contributed by atoms with E-state index < -0.39 is 0 Å². The van der Waals surface area contributed by atoms with Crippen molar-refractivity contribution in [3.8, 4) is 11.5 Å². The summed E-state index contributed by atoms with van der Waals surface area (Å²) < 4.78 is 6.14. The Kier molecular flexibility index (Phi) is 3.37. The van der Waals surface area contributed by atoms with Crippen LogP contribution in [0.5, 0.6) is 0 Å². The van der Waals surface area contributed by atoms with Crippen molar-refractivity contribution in [2.45, 2.75) is 25.4 Å². The van der Waals surface area contributed by atoms with Gasteiger partial charge in [-0.15, -0.1) is 0 Å². The van der Waals surface area contributed by atoms with Crippen LogP contribution in [0.4, 0.5) is 0 Å². The minimum Gasteiger partial charge on any atom is -0.334 e. The first kappa shape index (κ1) is 12.1. The zero-order chi connectivity index (χ0) is 12.5. The van der Waals surface area contributed by atoms with E-state index >= 15 is 0 Å². The zero-order valence-electron chi connectivity index (χ0n) is 9.49. The van der Waals surface area contributed by atoms with Gasteiger partial charge in [0.2, 0.25) is 0 Å². The predicted octanol–water partition coefficient (Wildman–Crippen LogP) is 3.40. The van der Waals surface area contributed by atoms with Crippen LogP contribution in [-0.4, -0.2) is 16.2 Å². The van der Waals surface area contributed by atoms with Crippen LogP contribution in [0.1, 0.15) is 18.7 Å². The van der Waals surface area contributed by atoms with E-state index in [2.05, 4.69) is 31.4 Å². The SMILES string of the molecule is Clc1ccc(Br)c(-c2nc(CNC3CC3)no2)c1. The van der Waals surface area contributed by atoms with Gasteiger partial charge in [0, 0.05) is 15.5 Å². The van der Waals surface area contributed by atoms with Gasteiger partial charge in [0.25, 0.3) is 5.89 Å². The Morgan fingerprint density at radius 3 is 3.06 bits per heavy atom. The molecule has 1 saturated carbocycles. The van der Waals surface area contributed by atoms with Crippen LogP contribution in [0.15, 0.2) is 27.2 Å². The van der Waals surface area contributed by atoms with E-state index in [9.17, 15) is 0 Å². The van der Waals surface area contributed by atoms with Crippen LogP contribution in [0.3, 0.4) is 0 Å². The molecule has 0 bridgehead atoms. The fourth-order valence-electron chi connectivity index (χ4n) is 1.62. The van der Waals surface area contributed by atoms with Gasteiger partial charge in [-0.1, -0.05) is 16.8 Å². The van der Waals surface area contributed by atoms with Crippen LogP contribution in [-0.2, 0) is 6.54 Å². The summed E-state index contributed by atoms with van der Waals surface area (Å²) in [5.74, 6) is 1.15. The molecule has 94 valence electrons. The molecule has 0 amide bonds. The van der Waals surface area contributed by atoms with E-state index in [1.807, 2.05) is 6.07 Å². The summed E-state index contributed by atoms with van der Waals surface area (Å²) in [6, 6.07) is 6.10. The smallest absolute Gasteiger partial charge is 0.259 e. The third-order valence-electron chi connectivity index (χ3n) is 2.75. The van der Waals surface area contributed by atoms with Gasteiger partial charge in [-0.05, 0) is 47.0 Å². The molecule has 3 rings (SSSR count). The molecular formula is C12H11BrClN3O. The first-order valence-corrected chi connectivity index (χ1v) is 6.91. The summed E-state index contributed by atoms with van der Waals surface area (Å²) in [5.41, 5.74) is 0.813. The lowest BCUT2D eigenvalue weighted by Gasteiger charge is -1.99. The Balaban J connectivity index is 1.80. The van der Waals surface area contributed by atoms with Crippen LogP contribution >= 0.6 is 27.5 Å². The highest BCUT2D eigenvalue weighted by Gasteiger charge is 2.21. The summed E-state index contributed by atoms with van der Waals surface area (Å²) in [6.07, 6.45) is 2.48. The standard InChI is InChI=1S/C12H11BrClN3O/c13-10-4-1-7(14)5-9(10)12-16-11(17-18-12)6-15-8-2-3-8/h1,4-5,8,15H,2-3,6H2. The van der Waals surface area contributed by atoms with Crippen molar-refractivity contribution in [2.75, 3.05) is 0 Å².